The van der Waals surface area contributed by atoms with E-state index in [1.165, 1.54) is 6.08 Å². The van der Waals surface area contributed by atoms with Crippen LogP contribution in [0.3, 0.4) is 0 Å². The largest absolute Gasteiger partial charge is 0.490 e. The summed E-state index contributed by atoms with van der Waals surface area (Å²) in [5.74, 6) is 1.78. The predicted molar refractivity (Wildman–Crippen MR) is 124 cm³/mol. The second-order valence-corrected chi connectivity index (χ2v) is 6.70. The van der Waals surface area contributed by atoms with Gasteiger partial charge in [-0.25, -0.2) is 0 Å². The molecule has 0 heterocycles. The molecule has 3 aromatic carbocycles. The lowest BCUT2D eigenvalue weighted by Crippen LogP contribution is -2.08. The van der Waals surface area contributed by atoms with Gasteiger partial charge >= 0.3 is 0 Å². The van der Waals surface area contributed by atoms with Gasteiger partial charge in [0.1, 0.15) is 12.4 Å². The number of nitrogens with one attached hydrogen (secondary N) is 1. The highest BCUT2D eigenvalue weighted by Crippen LogP contribution is 2.30. The number of carbonyl (C=O) groups is 1. The molecule has 0 aliphatic heterocycles. The fourth-order valence-electron chi connectivity index (χ4n) is 2.93. The van der Waals surface area contributed by atoms with Gasteiger partial charge in [0.2, 0.25) is 5.91 Å². The first-order chi connectivity index (χ1) is 15.2. The van der Waals surface area contributed by atoms with Gasteiger partial charge in [0.25, 0.3) is 0 Å². The Morgan fingerprint density at radius 3 is 2.39 bits per heavy atom. The van der Waals surface area contributed by atoms with E-state index >= 15 is 0 Å². The van der Waals surface area contributed by atoms with E-state index in [1.54, 1.807) is 24.3 Å². The number of hydrogen-bond acceptors (Lipinski definition) is 4. The number of ether oxygens (including phenoxy) is 3. The average molecular weight is 418 g/mol. The number of hydrogen-bond donors (Lipinski definition) is 1. The van der Waals surface area contributed by atoms with Gasteiger partial charge in [-0.15, -0.1) is 0 Å². The fraction of sp³-hybridized carbons (Fsp3) is 0.192. The van der Waals surface area contributed by atoms with Crippen molar-refractivity contribution in [3.8, 4) is 17.2 Å². The first-order valence-corrected chi connectivity index (χ1v) is 10.3. The molecule has 0 aromatic heterocycles. The summed E-state index contributed by atoms with van der Waals surface area (Å²) in [6, 6.07) is 22.9. The Kier molecular flexibility index (Phi) is 8.12. The van der Waals surface area contributed by atoms with Crippen LogP contribution < -0.4 is 19.5 Å². The van der Waals surface area contributed by atoms with Gasteiger partial charge in [-0.1, -0.05) is 42.5 Å². The quantitative estimate of drug-likeness (QED) is 0.429. The number of rotatable bonds is 10. The molecule has 0 fully saturated rings. The highest BCUT2D eigenvalue weighted by atomic mass is 16.5. The van der Waals surface area contributed by atoms with E-state index in [0.29, 0.717) is 37.0 Å². The lowest BCUT2D eigenvalue weighted by atomic mass is 10.2. The predicted octanol–water partition coefficient (Wildman–Crippen LogP) is 5.71. The SMILES string of the molecule is CCOc1ccc(NC(=O)/C=C/c2cccc(OCc3ccccc3)c2)cc1OCC. The van der Waals surface area contributed by atoms with Crippen molar-refractivity contribution in [2.75, 3.05) is 18.5 Å². The normalized spacial score (nSPS) is 10.6. The zero-order chi connectivity index (χ0) is 21.9. The number of amides is 1. The molecule has 0 saturated carbocycles. The van der Waals surface area contributed by atoms with Gasteiger partial charge in [-0.2, -0.15) is 0 Å². The van der Waals surface area contributed by atoms with E-state index in [0.717, 1.165) is 16.9 Å². The van der Waals surface area contributed by atoms with E-state index in [1.807, 2.05) is 68.4 Å². The fourth-order valence-corrected chi connectivity index (χ4v) is 2.93. The van der Waals surface area contributed by atoms with Crippen molar-refractivity contribution in [3.63, 3.8) is 0 Å². The summed E-state index contributed by atoms with van der Waals surface area (Å²) in [5, 5.41) is 2.85. The summed E-state index contributed by atoms with van der Waals surface area (Å²) in [4.78, 5) is 12.4. The van der Waals surface area contributed by atoms with E-state index < -0.39 is 0 Å². The first-order valence-electron chi connectivity index (χ1n) is 10.3. The maximum atomic E-state index is 12.4. The third-order valence-corrected chi connectivity index (χ3v) is 4.34. The maximum Gasteiger partial charge on any atom is 0.248 e. The monoisotopic (exact) mass is 417 g/mol. The number of benzene rings is 3. The molecular weight excluding hydrogens is 390 g/mol. The van der Waals surface area contributed by atoms with Crippen LogP contribution in [0.2, 0.25) is 0 Å². The van der Waals surface area contributed by atoms with Gasteiger partial charge in [0.15, 0.2) is 11.5 Å². The van der Waals surface area contributed by atoms with Crippen molar-refractivity contribution in [1.29, 1.82) is 0 Å². The molecule has 3 rings (SSSR count). The Bertz CT molecular complexity index is 1010. The standard InChI is InChI=1S/C26H27NO4/c1-3-29-24-15-14-22(18-25(24)30-4-2)27-26(28)16-13-20-11-8-12-23(17-20)31-19-21-9-6-5-7-10-21/h5-18H,3-4,19H2,1-2H3,(H,27,28)/b16-13+. The minimum absolute atomic E-state index is 0.234. The molecular formula is C26H27NO4. The van der Waals surface area contributed by atoms with E-state index in [2.05, 4.69) is 5.32 Å². The molecule has 5 heteroatoms. The van der Waals surface area contributed by atoms with Gasteiger partial charge in [0, 0.05) is 17.8 Å². The zero-order valence-electron chi connectivity index (χ0n) is 17.8. The number of carbonyl (C=O) groups excluding carboxylic acids is 1. The summed E-state index contributed by atoms with van der Waals surface area (Å²) in [5.41, 5.74) is 2.62. The second-order valence-electron chi connectivity index (χ2n) is 6.70. The molecule has 0 aliphatic carbocycles. The van der Waals surface area contributed by atoms with Crippen LogP contribution in [0.15, 0.2) is 78.9 Å². The van der Waals surface area contributed by atoms with Crippen molar-refractivity contribution >= 4 is 17.7 Å². The summed E-state index contributed by atoms with van der Waals surface area (Å²) in [6.45, 7) is 5.37. The van der Waals surface area contributed by atoms with Crippen molar-refractivity contribution in [1.82, 2.24) is 0 Å². The van der Waals surface area contributed by atoms with Crippen molar-refractivity contribution in [3.05, 3.63) is 90.0 Å². The summed E-state index contributed by atoms with van der Waals surface area (Å²) in [7, 11) is 0. The van der Waals surface area contributed by atoms with Crippen LogP contribution >= 0.6 is 0 Å². The van der Waals surface area contributed by atoms with Crippen LogP contribution in [-0.4, -0.2) is 19.1 Å². The van der Waals surface area contributed by atoms with E-state index in [9.17, 15) is 4.79 Å². The average Bonchev–Trinajstić information content (AvgIpc) is 2.79. The zero-order valence-corrected chi connectivity index (χ0v) is 17.8. The topological polar surface area (TPSA) is 56.8 Å². The van der Waals surface area contributed by atoms with E-state index in [-0.39, 0.29) is 5.91 Å². The molecule has 1 N–H and O–H groups in total. The minimum Gasteiger partial charge on any atom is -0.490 e. The Morgan fingerprint density at radius 1 is 0.839 bits per heavy atom. The van der Waals surface area contributed by atoms with Gasteiger partial charge in [0.05, 0.1) is 13.2 Å². The third-order valence-electron chi connectivity index (χ3n) is 4.34. The Labute approximate surface area is 183 Å². The lowest BCUT2D eigenvalue weighted by molar-refractivity contribution is -0.111. The van der Waals surface area contributed by atoms with Crippen LogP contribution in [0.1, 0.15) is 25.0 Å². The van der Waals surface area contributed by atoms with Crippen LogP contribution in [-0.2, 0) is 11.4 Å². The maximum absolute atomic E-state index is 12.4. The third kappa shape index (κ3) is 6.93. The smallest absolute Gasteiger partial charge is 0.248 e. The molecule has 0 spiro atoms. The molecule has 1 amide bonds. The summed E-state index contributed by atoms with van der Waals surface area (Å²) < 4.78 is 17.0. The molecule has 3 aromatic rings. The number of anilines is 1. The van der Waals surface area contributed by atoms with Crippen LogP contribution in [0.5, 0.6) is 17.2 Å². The highest BCUT2D eigenvalue weighted by Gasteiger charge is 2.07. The Hall–Kier alpha value is -3.73. The second kappa shape index (κ2) is 11.5. The van der Waals surface area contributed by atoms with Crippen LogP contribution in [0.25, 0.3) is 6.08 Å². The summed E-state index contributed by atoms with van der Waals surface area (Å²) in [6.07, 6.45) is 3.25. The molecule has 31 heavy (non-hydrogen) atoms. The lowest BCUT2D eigenvalue weighted by Gasteiger charge is -2.12. The van der Waals surface area contributed by atoms with Gasteiger partial charge in [-0.05, 0) is 55.3 Å². The molecule has 0 unspecified atom stereocenters. The van der Waals surface area contributed by atoms with E-state index in [4.69, 9.17) is 14.2 Å². The molecule has 0 saturated heterocycles. The Morgan fingerprint density at radius 2 is 1.61 bits per heavy atom. The Balaban J connectivity index is 1.60. The first kappa shape index (κ1) is 22.0. The van der Waals surface area contributed by atoms with Crippen molar-refractivity contribution in [2.45, 2.75) is 20.5 Å². The molecule has 0 aliphatic rings. The molecule has 5 nitrogen and oxygen atoms in total. The van der Waals surface area contributed by atoms with Gasteiger partial charge in [-0.3, -0.25) is 4.79 Å². The van der Waals surface area contributed by atoms with Crippen molar-refractivity contribution in [2.24, 2.45) is 0 Å². The van der Waals surface area contributed by atoms with Crippen molar-refractivity contribution < 1.29 is 19.0 Å². The van der Waals surface area contributed by atoms with Crippen LogP contribution in [0.4, 0.5) is 5.69 Å². The molecule has 160 valence electrons. The highest BCUT2D eigenvalue weighted by molar-refractivity contribution is 6.02. The summed E-state index contributed by atoms with van der Waals surface area (Å²) >= 11 is 0. The minimum atomic E-state index is -0.234. The molecule has 0 atom stereocenters. The van der Waals surface area contributed by atoms with Gasteiger partial charge < -0.3 is 19.5 Å². The molecule has 0 bridgehead atoms. The molecule has 0 radical (unpaired) electrons. The van der Waals surface area contributed by atoms with Crippen LogP contribution in [0, 0.1) is 0 Å².